The second-order valence-corrected chi connectivity index (χ2v) is 6.77. The van der Waals surface area contributed by atoms with Crippen molar-refractivity contribution in [1.29, 1.82) is 0 Å². The van der Waals surface area contributed by atoms with Crippen LogP contribution in [0.1, 0.15) is 18.9 Å². The summed E-state index contributed by atoms with van der Waals surface area (Å²) in [6.45, 7) is 6.18. The standard InChI is InChI=1S/C18H23N3O/c1-13-9-21-12-17(22)8-16(21)11-20(13)10-15-5-2-4-14-6-3-7-19-18(14)15/h2-7,13,16-17,22H,8-12H2,1H3/t13-,16+,17+/m0/s1. The van der Waals surface area contributed by atoms with Gasteiger partial charge in [-0.25, -0.2) is 0 Å². The molecule has 116 valence electrons. The summed E-state index contributed by atoms with van der Waals surface area (Å²) < 4.78 is 0. The summed E-state index contributed by atoms with van der Waals surface area (Å²) >= 11 is 0. The van der Waals surface area contributed by atoms with Crippen molar-refractivity contribution < 1.29 is 5.11 Å². The smallest absolute Gasteiger partial charge is 0.0746 e. The van der Waals surface area contributed by atoms with Crippen molar-refractivity contribution in [3.8, 4) is 0 Å². The van der Waals surface area contributed by atoms with Gasteiger partial charge in [0.2, 0.25) is 0 Å². The predicted octanol–water partition coefficient (Wildman–Crippen LogP) is 1.87. The Hall–Kier alpha value is -1.49. The van der Waals surface area contributed by atoms with Crippen LogP contribution in [0.2, 0.25) is 0 Å². The molecule has 0 amide bonds. The Labute approximate surface area is 131 Å². The number of benzene rings is 1. The molecule has 4 heteroatoms. The first-order chi connectivity index (χ1) is 10.7. The van der Waals surface area contributed by atoms with Crippen LogP contribution in [0.3, 0.4) is 0 Å². The van der Waals surface area contributed by atoms with Gasteiger partial charge in [-0.3, -0.25) is 14.8 Å². The molecule has 1 N–H and O–H groups in total. The molecule has 0 bridgehead atoms. The lowest BCUT2D eigenvalue weighted by Crippen LogP contribution is -2.54. The average molecular weight is 297 g/mol. The van der Waals surface area contributed by atoms with Crippen molar-refractivity contribution in [2.24, 2.45) is 0 Å². The number of aliphatic hydroxyl groups is 1. The largest absolute Gasteiger partial charge is 0.392 e. The molecule has 0 aliphatic carbocycles. The van der Waals surface area contributed by atoms with E-state index in [-0.39, 0.29) is 6.10 Å². The highest BCUT2D eigenvalue weighted by Crippen LogP contribution is 2.27. The van der Waals surface area contributed by atoms with E-state index >= 15 is 0 Å². The van der Waals surface area contributed by atoms with Gasteiger partial charge in [0, 0.05) is 49.8 Å². The van der Waals surface area contributed by atoms with E-state index in [0.29, 0.717) is 12.1 Å². The molecule has 4 nitrogen and oxygen atoms in total. The third kappa shape index (κ3) is 2.51. The minimum absolute atomic E-state index is 0.142. The normalized spacial score (nSPS) is 29.8. The van der Waals surface area contributed by atoms with Crippen LogP contribution in [-0.2, 0) is 6.54 Å². The fourth-order valence-corrected chi connectivity index (χ4v) is 4.01. The summed E-state index contributed by atoms with van der Waals surface area (Å²) in [5.74, 6) is 0. The van der Waals surface area contributed by atoms with Crippen LogP contribution in [0.4, 0.5) is 0 Å². The summed E-state index contributed by atoms with van der Waals surface area (Å²) in [6.07, 6.45) is 2.65. The summed E-state index contributed by atoms with van der Waals surface area (Å²) in [6, 6.07) is 11.6. The molecule has 3 atom stereocenters. The lowest BCUT2D eigenvalue weighted by Gasteiger charge is -2.42. The maximum Gasteiger partial charge on any atom is 0.0746 e. The van der Waals surface area contributed by atoms with E-state index in [2.05, 4.69) is 46.0 Å². The molecule has 3 heterocycles. The van der Waals surface area contributed by atoms with Gasteiger partial charge in [0.25, 0.3) is 0 Å². The third-order valence-electron chi connectivity index (χ3n) is 5.16. The second kappa shape index (κ2) is 5.61. The zero-order valence-electron chi connectivity index (χ0n) is 13.0. The van der Waals surface area contributed by atoms with Gasteiger partial charge in [0.1, 0.15) is 0 Å². The van der Waals surface area contributed by atoms with Crippen molar-refractivity contribution in [3.63, 3.8) is 0 Å². The molecule has 1 aromatic heterocycles. The summed E-state index contributed by atoms with van der Waals surface area (Å²) in [5, 5.41) is 11.1. The molecule has 2 fully saturated rings. The summed E-state index contributed by atoms with van der Waals surface area (Å²) in [7, 11) is 0. The molecule has 0 radical (unpaired) electrons. The van der Waals surface area contributed by atoms with Gasteiger partial charge in [0.15, 0.2) is 0 Å². The maximum atomic E-state index is 9.89. The van der Waals surface area contributed by atoms with Crippen molar-refractivity contribution in [3.05, 3.63) is 42.1 Å². The summed E-state index contributed by atoms with van der Waals surface area (Å²) in [5.41, 5.74) is 2.42. The molecule has 2 aliphatic rings. The van der Waals surface area contributed by atoms with Crippen LogP contribution in [0.25, 0.3) is 10.9 Å². The minimum atomic E-state index is -0.142. The van der Waals surface area contributed by atoms with Gasteiger partial charge in [-0.1, -0.05) is 24.3 Å². The summed E-state index contributed by atoms with van der Waals surface area (Å²) in [4.78, 5) is 9.57. The number of aliphatic hydroxyl groups excluding tert-OH is 1. The highest BCUT2D eigenvalue weighted by Gasteiger charge is 2.38. The third-order valence-corrected chi connectivity index (χ3v) is 5.16. The first-order valence-corrected chi connectivity index (χ1v) is 8.19. The van der Waals surface area contributed by atoms with Gasteiger partial charge >= 0.3 is 0 Å². The Morgan fingerprint density at radius 1 is 1.18 bits per heavy atom. The Morgan fingerprint density at radius 2 is 2.05 bits per heavy atom. The van der Waals surface area contributed by atoms with E-state index in [1.807, 2.05) is 12.3 Å². The molecule has 0 unspecified atom stereocenters. The highest BCUT2D eigenvalue weighted by molar-refractivity contribution is 5.81. The number of nitrogens with zero attached hydrogens (tertiary/aromatic N) is 3. The zero-order chi connectivity index (χ0) is 15.1. The van der Waals surface area contributed by atoms with E-state index in [9.17, 15) is 5.11 Å². The predicted molar refractivity (Wildman–Crippen MR) is 87.6 cm³/mol. The number of hydrogen-bond acceptors (Lipinski definition) is 4. The monoisotopic (exact) mass is 297 g/mol. The molecule has 1 aromatic carbocycles. The van der Waals surface area contributed by atoms with Crippen molar-refractivity contribution in [1.82, 2.24) is 14.8 Å². The van der Waals surface area contributed by atoms with Gasteiger partial charge in [-0.05, 0) is 25.0 Å². The van der Waals surface area contributed by atoms with E-state index in [0.717, 1.165) is 38.1 Å². The van der Waals surface area contributed by atoms with Crippen LogP contribution < -0.4 is 0 Å². The average Bonchev–Trinajstić information content (AvgIpc) is 2.87. The molecule has 2 aliphatic heterocycles. The van der Waals surface area contributed by atoms with Gasteiger partial charge in [0.05, 0.1) is 11.6 Å². The fourth-order valence-electron chi connectivity index (χ4n) is 4.01. The molecular formula is C18H23N3O. The van der Waals surface area contributed by atoms with Crippen molar-refractivity contribution in [2.45, 2.75) is 38.1 Å². The zero-order valence-corrected chi connectivity index (χ0v) is 13.0. The van der Waals surface area contributed by atoms with Crippen LogP contribution in [0.15, 0.2) is 36.5 Å². The number of pyridine rings is 1. The van der Waals surface area contributed by atoms with Gasteiger partial charge < -0.3 is 5.11 Å². The van der Waals surface area contributed by atoms with E-state index in [4.69, 9.17) is 0 Å². The first kappa shape index (κ1) is 14.1. The van der Waals surface area contributed by atoms with Crippen LogP contribution >= 0.6 is 0 Å². The number of hydrogen-bond donors (Lipinski definition) is 1. The molecule has 2 saturated heterocycles. The number of fused-ring (bicyclic) bond motifs is 2. The van der Waals surface area contributed by atoms with E-state index in [1.165, 1.54) is 10.9 Å². The Bertz CT molecular complexity index is 669. The Balaban J connectivity index is 1.57. The van der Waals surface area contributed by atoms with Crippen molar-refractivity contribution in [2.75, 3.05) is 19.6 Å². The van der Waals surface area contributed by atoms with Gasteiger partial charge in [-0.2, -0.15) is 0 Å². The van der Waals surface area contributed by atoms with Crippen LogP contribution in [0.5, 0.6) is 0 Å². The molecular weight excluding hydrogens is 274 g/mol. The van der Waals surface area contributed by atoms with Crippen LogP contribution in [-0.4, -0.2) is 57.7 Å². The quantitative estimate of drug-likeness (QED) is 0.919. The number of rotatable bonds is 2. The number of piperazine rings is 1. The number of para-hydroxylation sites is 1. The van der Waals surface area contributed by atoms with E-state index in [1.54, 1.807) is 0 Å². The number of aromatic nitrogens is 1. The molecule has 0 spiro atoms. The molecule has 4 rings (SSSR count). The Kier molecular flexibility index (Phi) is 3.60. The lowest BCUT2D eigenvalue weighted by atomic mass is 10.0. The molecule has 22 heavy (non-hydrogen) atoms. The lowest BCUT2D eigenvalue weighted by molar-refractivity contribution is 0.0531. The second-order valence-electron chi connectivity index (χ2n) is 6.77. The van der Waals surface area contributed by atoms with Crippen molar-refractivity contribution >= 4 is 10.9 Å². The fraction of sp³-hybridized carbons (Fsp3) is 0.500. The molecule has 0 saturated carbocycles. The maximum absolute atomic E-state index is 9.89. The SMILES string of the molecule is C[C@H]1CN2C[C@H](O)C[C@@H]2CN1Cc1cccc2cccnc12. The minimum Gasteiger partial charge on any atom is -0.392 e. The topological polar surface area (TPSA) is 39.6 Å². The van der Waals surface area contributed by atoms with Gasteiger partial charge in [-0.15, -0.1) is 0 Å². The van der Waals surface area contributed by atoms with Crippen LogP contribution in [0, 0.1) is 0 Å². The van der Waals surface area contributed by atoms with E-state index < -0.39 is 0 Å². The Morgan fingerprint density at radius 3 is 2.95 bits per heavy atom. The molecule has 2 aromatic rings. The highest BCUT2D eigenvalue weighted by atomic mass is 16.3. The first-order valence-electron chi connectivity index (χ1n) is 8.19.